The number of aliphatic imine (C=N–C) groups is 1. The molecule has 0 aliphatic heterocycles. The number of hydrogen-bond donors (Lipinski definition) is 1. The third-order valence-electron chi connectivity index (χ3n) is 5.47. The predicted molar refractivity (Wildman–Crippen MR) is 118 cm³/mol. The second-order valence-electron chi connectivity index (χ2n) is 8.67. The number of rotatable bonds is 6. The summed E-state index contributed by atoms with van der Waals surface area (Å²) in [6, 6.07) is 11.8. The van der Waals surface area contributed by atoms with Gasteiger partial charge in [0.25, 0.3) is 0 Å². The highest BCUT2D eigenvalue weighted by molar-refractivity contribution is 5.64. The van der Waals surface area contributed by atoms with Crippen LogP contribution in [-0.4, -0.2) is 29.9 Å². The summed E-state index contributed by atoms with van der Waals surface area (Å²) in [6.07, 6.45) is 1.85. The molecule has 4 heteroatoms. The Morgan fingerprint density at radius 1 is 1.07 bits per heavy atom. The summed E-state index contributed by atoms with van der Waals surface area (Å²) >= 11 is 0. The van der Waals surface area contributed by atoms with E-state index in [2.05, 4.69) is 11.9 Å². The number of hydrogen-bond acceptors (Lipinski definition) is 3. The van der Waals surface area contributed by atoms with Crippen LogP contribution in [0.15, 0.2) is 41.4 Å². The minimum atomic E-state index is -0.957. The first-order valence-electron chi connectivity index (χ1n) is 9.82. The summed E-state index contributed by atoms with van der Waals surface area (Å²) in [5.74, 6) is 1.51. The lowest BCUT2D eigenvalue weighted by atomic mass is 9.73. The Labute approximate surface area is 169 Å². The molecule has 1 N–H and O–H groups in total. The van der Waals surface area contributed by atoms with Crippen LogP contribution in [0.3, 0.4) is 0 Å². The van der Waals surface area contributed by atoms with Crippen LogP contribution in [0.4, 0.5) is 5.69 Å². The molecule has 0 aromatic heterocycles. The molecule has 0 saturated heterocycles. The number of nitrogens with zero attached hydrogens (tertiary/aromatic N) is 2. The van der Waals surface area contributed by atoms with Crippen LogP contribution in [0.1, 0.15) is 51.3 Å². The Kier molecular flexibility index (Phi) is 6.56. The zero-order valence-electron chi connectivity index (χ0n) is 18.5. The van der Waals surface area contributed by atoms with Gasteiger partial charge in [-0.2, -0.15) is 0 Å². The van der Waals surface area contributed by atoms with Crippen LogP contribution in [-0.2, 0) is 5.60 Å². The van der Waals surface area contributed by atoms with Gasteiger partial charge in [0.2, 0.25) is 0 Å². The van der Waals surface area contributed by atoms with E-state index in [0.29, 0.717) is 5.75 Å². The minimum absolute atomic E-state index is 0.288. The molecule has 1 atom stereocenters. The van der Waals surface area contributed by atoms with Gasteiger partial charge >= 0.3 is 0 Å². The lowest BCUT2D eigenvalue weighted by molar-refractivity contribution is -0.0471. The van der Waals surface area contributed by atoms with Crippen molar-refractivity contribution in [3.05, 3.63) is 53.1 Å². The topological polar surface area (TPSA) is 45.1 Å². The first-order chi connectivity index (χ1) is 13.0. The van der Waals surface area contributed by atoms with Crippen molar-refractivity contribution in [2.24, 2.45) is 10.4 Å². The molecule has 0 radical (unpaired) electrons. The molecule has 0 saturated carbocycles. The van der Waals surface area contributed by atoms with Gasteiger partial charge < -0.3 is 14.7 Å². The van der Waals surface area contributed by atoms with Gasteiger partial charge in [-0.1, -0.05) is 32.9 Å². The largest absolute Gasteiger partial charge is 0.457 e. The number of aryl methyl sites for hydroxylation is 2. The molecule has 0 aliphatic carbocycles. The summed E-state index contributed by atoms with van der Waals surface area (Å²) in [5, 5.41) is 11.0. The summed E-state index contributed by atoms with van der Waals surface area (Å²) in [6.45, 7) is 15.0. The van der Waals surface area contributed by atoms with E-state index in [4.69, 9.17) is 4.74 Å². The third kappa shape index (κ3) is 4.93. The van der Waals surface area contributed by atoms with Crippen molar-refractivity contribution in [1.29, 1.82) is 0 Å². The Bertz CT molecular complexity index is 848. The van der Waals surface area contributed by atoms with Crippen molar-refractivity contribution in [3.8, 4) is 11.5 Å². The maximum atomic E-state index is 11.0. The summed E-state index contributed by atoms with van der Waals surface area (Å²) in [7, 11) is 2.00. The maximum absolute atomic E-state index is 11.0. The molecule has 2 aromatic rings. The van der Waals surface area contributed by atoms with Crippen molar-refractivity contribution in [1.82, 2.24) is 4.90 Å². The van der Waals surface area contributed by atoms with Gasteiger partial charge in [-0.15, -0.1) is 0 Å². The summed E-state index contributed by atoms with van der Waals surface area (Å²) in [5.41, 5.74) is 2.61. The van der Waals surface area contributed by atoms with Crippen LogP contribution in [0.5, 0.6) is 11.5 Å². The second kappa shape index (κ2) is 8.36. The highest BCUT2D eigenvalue weighted by Gasteiger charge is 2.37. The lowest BCUT2D eigenvalue weighted by Gasteiger charge is -2.37. The van der Waals surface area contributed by atoms with Gasteiger partial charge in [-0.3, -0.25) is 0 Å². The molecular weight excluding hydrogens is 348 g/mol. The first-order valence-corrected chi connectivity index (χ1v) is 9.82. The molecule has 0 aliphatic rings. The molecule has 0 bridgehead atoms. The monoisotopic (exact) mass is 382 g/mol. The van der Waals surface area contributed by atoms with Gasteiger partial charge in [0.05, 0.1) is 17.6 Å². The summed E-state index contributed by atoms with van der Waals surface area (Å²) in [4.78, 5) is 6.60. The van der Waals surface area contributed by atoms with Crippen LogP contribution in [0.2, 0.25) is 0 Å². The van der Waals surface area contributed by atoms with Crippen LogP contribution in [0, 0.1) is 19.3 Å². The fraction of sp³-hybridized carbons (Fsp3) is 0.458. The molecule has 1 unspecified atom stereocenters. The number of ether oxygens (including phenoxy) is 1. The van der Waals surface area contributed by atoms with Crippen molar-refractivity contribution in [2.75, 3.05) is 13.6 Å². The molecule has 0 amide bonds. The fourth-order valence-electron chi connectivity index (χ4n) is 2.69. The normalized spacial score (nSPS) is 14.2. The van der Waals surface area contributed by atoms with E-state index in [1.54, 1.807) is 0 Å². The number of aliphatic hydroxyl groups is 1. The smallest absolute Gasteiger partial charge is 0.130 e. The van der Waals surface area contributed by atoms with E-state index >= 15 is 0 Å². The average Bonchev–Trinajstić information content (AvgIpc) is 2.62. The summed E-state index contributed by atoms with van der Waals surface area (Å²) < 4.78 is 6.17. The van der Waals surface area contributed by atoms with E-state index in [1.165, 1.54) is 0 Å². The molecule has 2 aromatic carbocycles. The zero-order chi connectivity index (χ0) is 21.1. The Hall–Kier alpha value is -2.33. The van der Waals surface area contributed by atoms with Gasteiger partial charge in [0, 0.05) is 13.6 Å². The van der Waals surface area contributed by atoms with Crippen LogP contribution in [0.25, 0.3) is 0 Å². The zero-order valence-corrected chi connectivity index (χ0v) is 18.5. The molecule has 0 spiro atoms. The third-order valence-corrected chi connectivity index (χ3v) is 5.47. The maximum Gasteiger partial charge on any atom is 0.130 e. The van der Waals surface area contributed by atoms with E-state index in [1.807, 2.05) is 96.2 Å². The Morgan fingerprint density at radius 3 is 2.36 bits per heavy atom. The average molecular weight is 383 g/mol. The molecular formula is C24H34N2O2. The Morgan fingerprint density at radius 2 is 1.75 bits per heavy atom. The van der Waals surface area contributed by atoms with Gasteiger partial charge in [0.1, 0.15) is 11.5 Å². The standard InChI is InChI=1S/C24H34N2O2/c1-9-26(8)16-25-21-13-18(3)22(14-17(21)2)28-20-12-10-11-19(15-20)24(7,27)23(4,5)6/h10-16,27H,9H2,1-8H3. The second-order valence-corrected chi connectivity index (χ2v) is 8.67. The highest BCUT2D eigenvalue weighted by Crippen LogP contribution is 2.40. The quantitative estimate of drug-likeness (QED) is 0.495. The molecule has 0 heterocycles. The predicted octanol–water partition coefficient (Wildman–Crippen LogP) is 5.96. The SMILES string of the molecule is CCN(C)C=Nc1cc(C)c(Oc2cccc(C(C)(O)C(C)(C)C)c2)cc1C. The van der Waals surface area contributed by atoms with Crippen molar-refractivity contribution < 1.29 is 9.84 Å². The van der Waals surface area contributed by atoms with Crippen molar-refractivity contribution >= 4 is 12.0 Å². The minimum Gasteiger partial charge on any atom is -0.457 e. The van der Waals surface area contributed by atoms with Crippen LogP contribution >= 0.6 is 0 Å². The van der Waals surface area contributed by atoms with E-state index in [9.17, 15) is 5.11 Å². The molecule has 0 fully saturated rings. The highest BCUT2D eigenvalue weighted by atomic mass is 16.5. The lowest BCUT2D eigenvalue weighted by Crippen LogP contribution is -2.36. The first kappa shape index (κ1) is 22.0. The molecule has 28 heavy (non-hydrogen) atoms. The van der Waals surface area contributed by atoms with Crippen molar-refractivity contribution in [3.63, 3.8) is 0 Å². The van der Waals surface area contributed by atoms with Gasteiger partial charge in [-0.25, -0.2) is 4.99 Å². The van der Waals surface area contributed by atoms with E-state index in [-0.39, 0.29) is 5.41 Å². The van der Waals surface area contributed by atoms with Gasteiger partial charge in [-0.05, 0) is 74.1 Å². The molecule has 152 valence electrons. The van der Waals surface area contributed by atoms with Gasteiger partial charge in [0.15, 0.2) is 0 Å². The van der Waals surface area contributed by atoms with E-state index in [0.717, 1.165) is 34.7 Å². The molecule has 4 nitrogen and oxygen atoms in total. The van der Waals surface area contributed by atoms with E-state index < -0.39 is 5.60 Å². The Balaban J connectivity index is 2.31. The van der Waals surface area contributed by atoms with Crippen molar-refractivity contribution in [2.45, 2.75) is 54.1 Å². The number of benzene rings is 2. The van der Waals surface area contributed by atoms with Crippen LogP contribution < -0.4 is 4.74 Å². The fourth-order valence-corrected chi connectivity index (χ4v) is 2.69. The molecule has 2 rings (SSSR count).